The molecule has 2 aromatic carbocycles. The largest absolute Gasteiger partial charge is 0.489 e. The zero-order valence-electron chi connectivity index (χ0n) is 29.5. The second-order valence-electron chi connectivity index (χ2n) is 13.3. The molecule has 0 N–H and O–H groups in total. The number of halogens is 6. The number of rotatable bonds is 16. The average molecular weight is 759 g/mol. The minimum atomic E-state index is -4.66. The fourth-order valence-corrected chi connectivity index (χ4v) is 6.85. The number of aryl methyl sites for hydroxylation is 1. The van der Waals surface area contributed by atoms with Gasteiger partial charge in [0.1, 0.15) is 6.61 Å². The van der Waals surface area contributed by atoms with Crippen LogP contribution in [0.5, 0.6) is 5.75 Å². The fourth-order valence-electron chi connectivity index (χ4n) is 6.47. The third-order valence-corrected chi connectivity index (χ3v) is 10.2. The van der Waals surface area contributed by atoms with Crippen molar-refractivity contribution < 1.29 is 49.0 Å². The van der Waals surface area contributed by atoms with Gasteiger partial charge in [0.25, 0.3) is 6.47 Å². The van der Waals surface area contributed by atoms with Crippen molar-refractivity contribution in [3.05, 3.63) is 76.6 Å². The molecule has 0 spiro atoms. The van der Waals surface area contributed by atoms with E-state index in [0.29, 0.717) is 37.4 Å². The van der Waals surface area contributed by atoms with Crippen molar-refractivity contribution in [3.63, 3.8) is 0 Å². The van der Waals surface area contributed by atoms with Gasteiger partial charge in [-0.25, -0.2) is 18.4 Å². The lowest BCUT2D eigenvalue weighted by Gasteiger charge is -2.36. The summed E-state index contributed by atoms with van der Waals surface area (Å²) in [6, 6.07) is 6.28. The summed E-state index contributed by atoms with van der Waals surface area (Å²) < 4.78 is 118. The van der Waals surface area contributed by atoms with Gasteiger partial charge in [0.15, 0.2) is 15.6 Å². The minimum absolute atomic E-state index is 0.0142. The maximum atomic E-state index is 14.1. The smallest absolute Gasteiger partial charge is 0.416 e. The first-order valence-electron chi connectivity index (χ1n) is 17.0. The number of sulfone groups is 1. The van der Waals surface area contributed by atoms with Gasteiger partial charge < -0.3 is 19.3 Å². The Morgan fingerprint density at radius 2 is 1.58 bits per heavy atom. The Hall–Kier alpha value is -4.08. The van der Waals surface area contributed by atoms with E-state index in [1.807, 2.05) is 11.8 Å². The predicted molar refractivity (Wildman–Crippen MR) is 185 cm³/mol. The van der Waals surface area contributed by atoms with Crippen molar-refractivity contribution >= 4 is 27.9 Å². The molecule has 3 aromatic rings. The van der Waals surface area contributed by atoms with E-state index in [1.54, 1.807) is 17.9 Å². The Bertz CT molecular complexity index is 1750. The maximum Gasteiger partial charge on any atom is 0.416 e. The second kappa shape index (κ2) is 17.2. The van der Waals surface area contributed by atoms with Crippen molar-refractivity contribution in [1.82, 2.24) is 9.97 Å². The molecule has 1 aromatic heterocycles. The fraction of sp³-hybridized carbons (Fsp3) is 0.528. The molecule has 0 saturated heterocycles. The summed E-state index contributed by atoms with van der Waals surface area (Å²) in [5, 5.41) is 0. The molecule has 4 rings (SSSR count). The number of hydrogen-bond donors (Lipinski definition) is 0. The Labute approximate surface area is 300 Å². The molecule has 1 saturated carbocycles. The molecule has 16 heteroatoms. The Balaban J connectivity index is 1.74. The minimum Gasteiger partial charge on any atom is -0.489 e. The van der Waals surface area contributed by atoms with Gasteiger partial charge in [-0.05, 0) is 99.7 Å². The number of carbonyl (C=O) groups excluding carboxylic acids is 1. The Morgan fingerprint density at radius 1 is 0.942 bits per heavy atom. The van der Waals surface area contributed by atoms with Crippen LogP contribution in [0, 0.1) is 18.8 Å². The van der Waals surface area contributed by atoms with E-state index in [4.69, 9.17) is 9.47 Å². The normalized spacial score (nSPS) is 17.3. The molecule has 0 bridgehead atoms. The van der Waals surface area contributed by atoms with E-state index in [-0.39, 0.29) is 53.6 Å². The lowest BCUT2D eigenvalue weighted by Crippen LogP contribution is -2.34. The highest BCUT2D eigenvalue weighted by molar-refractivity contribution is 7.90. The van der Waals surface area contributed by atoms with Crippen LogP contribution in [0.4, 0.5) is 38.0 Å². The molecule has 1 fully saturated rings. The van der Waals surface area contributed by atoms with Crippen molar-refractivity contribution in [2.24, 2.45) is 11.8 Å². The van der Waals surface area contributed by atoms with Gasteiger partial charge in [0, 0.05) is 31.6 Å². The molecule has 9 nitrogen and oxygen atoms in total. The highest BCUT2D eigenvalue weighted by Gasteiger charge is 2.34. The van der Waals surface area contributed by atoms with E-state index in [0.717, 1.165) is 56.2 Å². The van der Waals surface area contributed by atoms with Crippen LogP contribution >= 0.6 is 0 Å². The van der Waals surface area contributed by atoms with Crippen LogP contribution in [0.3, 0.4) is 0 Å². The first kappa shape index (κ1) is 40.7. The quantitative estimate of drug-likeness (QED) is 0.107. The number of alkyl halides is 6. The third kappa shape index (κ3) is 11.5. The Morgan fingerprint density at radius 3 is 2.15 bits per heavy atom. The van der Waals surface area contributed by atoms with Gasteiger partial charge in [0.2, 0.25) is 5.95 Å². The summed E-state index contributed by atoms with van der Waals surface area (Å²) in [6.07, 6.45) is -2.28. The number of anilines is 2. The summed E-state index contributed by atoms with van der Waals surface area (Å²) in [5.41, 5.74) is -0.334. The highest BCUT2D eigenvalue weighted by Crippen LogP contribution is 2.38. The number of aromatic nitrogens is 2. The predicted octanol–water partition coefficient (Wildman–Crippen LogP) is 7.82. The summed E-state index contributed by atoms with van der Waals surface area (Å²) in [7, 11) is -3.31. The SMILES string of the molecule is CCN(C[C@H]1CC[C@H](COC=O)CC1)c1ccc(C(F)(F)F)cc1CN(c1ncc(OCCS(C)(=O)=O)cn1)C(C)c1cc(C)cc(C(F)(F)F)c1. The molecule has 286 valence electrons. The van der Waals surface area contributed by atoms with E-state index in [1.165, 1.54) is 25.4 Å². The van der Waals surface area contributed by atoms with Gasteiger partial charge in [-0.2, -0.15) is 26.3 Å². The molecule has 1 atom stereocenters. The molecule has 0 radical (unpaired) electrons. The molecule has 1 aliphatic carbocycles. The van der Waals surface area contributed by atoms with Crippen molar-refractivity contribution in [2.45, 2.75) is 71.4 Å². The van der Waals surface area contributed by atoms with Crippen LogP contribution in [0.1, 0.15) is 73.4 Å². The van der Waals surface area contributed by atoms with E-state index in [9.17, 15) is 39.6 Å². The van der Waals surface area contributed by atoms with Crippen molar-refractivity contribution in [2.75, 3.05) is 48.1 Å². The van der Waals surface area contributed by atoms with E-state index >= 15 is 0 Å². The number of nitrogens with zero attached hydrogens (tertiary/aromatic N) is 4. The number of ether oxygens (including phenoxy) is 2. The molecule has 0 amide bonds. The molecule has 52 heavy (non-hydrogen) atoms. The summed E-state index contributed by atoms with van der Waals surface area (Å²) in [4.78, 5) is 22.9. The zero-order valence-corrected chi connectivity index (χ0v) is 30.3. The van der Waals surface area contributed by atoms with Crippen LogP contribution in [0.2, 0.25) is 0 Å². The molecule has 1 aliphatic rings. The third-order valence-electron chi connectivity index (χ3n) is 9.29. The van der Waals surface area contributed by atoms with E-state index in [2.05, 4.69) is 9.97 Å². The highest BCUT2D eigenvalue weighted by atomic mass is 32.2. The van der Waals surface area contributed by atoms with Crippen molar-refractivity contribution in [3.8, 4) is 5.75 Å². The number of carbonyl (C=O) groups is 1. The van der Waals surface area contributed by atoms with Gasteiger partial charge in [0.05, 0.1) is 41.9 Å². The van der Waals surface area contributed by atoms with Gasteiger partial charge in [-0.15, -0.1) is 0 Å². The van der Waals surface area contributed by atoms with E-state index < -0.39 is 39.4 Å². The molecule has 1 unspecified atom stereocenters. The topological polar surface area (TPSA) is 102 Å². The first-order valence-corrected chi connectivity index (χ1v) is 19.0. The van der Waals surface area contributed by atoms with Gasteiger partial charge in [-0.1, -0.05) is 11.6 Å². The summed E-state index contributed by atoms with van der Waals surface area (Å²) >= 11 is 0. The van der Waals surface area contributed by atoms with Gasteiger partial charge in [-0.3, -0.25) is 4.79 Å². The number of benzene rings is 2. The second-order valence-corrected chi connectivity index (χ2v) is 15.6. The molecule has 1 heterocycles. The molecular formula is C36H44F6N4O5S. The van der Waals surface area contributed by atoms with Crippen LogP contribution in [-0.2, 0) is 38.3 Å². The first-order chi connectivity index (χ1) is 24.4. The summed E-state index contributed by atoms with van der Waals surface area (Å²) in [6.45, 7) is 6.53. The lowest BCUT2D eigenvalue weighted by molar-refractivity contribution is -0.138. The zero-order chi connectivity index (χ0) is 38.3. The van der Waals surface area contributed by atoms with Gasteiger partial charge >= 0.3 is 12.4 Å². The number of hydrogen-bond acceptors (Lipinski definition) is 9. The van der Waals surface area contributed by atoms with Crippen LogP contribution in [0.25, 0.3) is 0 Å². The average Bonchev–Trinajstić information content (AvgIpc) is 3.07. The van der Waals surface area contributed by atoms with Crippen LogP contribution in [-0.4, -0.2) is 63.2 Å². The maximum absolute atomic E-state index is 14.1. The van der Waals surface area contributed by atoms with Crippen LogP contribution in [0.15, 0.2) is 48.8 Å². The molecular weight excluding hydrogens is 714 g/mol. The lowest BCUT2D eigenvalue weighted by atomic mass is 9.82. The van der Waals surface area contributed by atoms with Crippen molar-refractivity contribution in [1.29, 1.82) is 0 Å². The monoisotopic (exact) mass is 758 g/mol. The van der Waals surface area contributed by atoms with Crippen LogP contribution < -0.4 is 14.5 Å². The molecule has 0 aliphatic heterocycles. The standard InChI is InChI=1S/C36H44F6N4O5S/c1-5-45(20-26-6-8-27(9-7-26)22-50-23-47)33-11-10-30(35(37,38)39)17-29(33)21-46(25(3)28-14-24(2)15-31(16-28)36(40,41)42)34-43-18-32(19-44-34)51-12-13-52(4,48)49/h10-11,14-19,23,25-27H,5-9,12-13,20-22H2,1-4H3/t25?,26-,27-. The summed E-state index contributed by atoms with van der Waals surface area (Å²) in [5.74, 6) is 0.391. The Kier molecular flexibility index (Phi) is 13.4.